The molecule has 3 unspecified atom stereocenters. The van der Waals surface area contributed by atoms with Crippen LogP contribution in [-0.4, -0.2) is 99.5 Å². The largest absolute Gasteiger partial charge is 0.497 e. The number of hydrogen-bond acceptors (Lipinski definition) is 15. The van der Waals surface area contributed by atoms with Crippen molar-refractivity contribution in [1.29, 1.82) is 0 Å². The molecule has 21 nitrogen and oxygen atoms in total. The molecular weight excluding hydrogens is 1400 g/mol. The minimum Gasteiger partial charge on any atom is -0.497 e. The molecular formula is C70H70Br3N9O12. The second-order valence-electron chi connectivity index (χ2n) is 20.3. The van der Waals surface area contributed by atoms with E-state index in [0.717, 1.165) is 13.4 Å². The number of methoxy groups -OCH3 is 3. The van der Waals surface area contributed by atoms with E-state index in [0.29, 0.717) is 101 Å². The maximum Gasteiger partial charge on any atom is 0.352 e. The van der Waals surface area contributed by atoms with Crippen LogP contribution in [-0.2, 0) is 31.2 Å². The van der Waals surface area contributed by atoms with Gasteiger partial charge in [-0.25, -0.2) is 14.4 Å². The Morgan fingerprint density at radius 3 is 0.723 bits per heavy atom. The van der Waals surface area contributed by atoms with E-state index in [1.807, 2.05) is 72.8 Å². The van der Waals surface area contributed by atoms with Gasteiger partial charge in [-0.15, -0.1) is 45.0 Å². The molecule has 9 aromatic carbocycles. The number of fused-ring (bicyclic) bond motifs is 3. The number of carbonyl (C=O) groups is 3. The number of ether oxygens (including phenoxy) is 6. The van der Waals surface area contributed by atoms with Gasteiger partial charge < -0.3 is 43.7 Å². The van der Waals surface area contributed by atoms with Crippen LogP contribution in [0.4, 0.5) is 0 Å². The van der Waals surface area contributed by atoms with E-state index in [-0.39, 0.29) is 29.7 Å². The van der Waals surface area contributed by atoms with Crippen LogP contribution in [0.5, 0.6) is 34.5 Å². The number of aliphatic carboxylic acids is 3. The van der Waals surface area contributed by atoms with Gasteiger partial charge in [0.05, 0.1) is 21.3 Å². The van der Waals surface area contributed by atoms with Crippen molar-refractivity contribution in [2.75, 3.05) is 21.3 Å². The fourth-order valence-corrected chi connectivity index (χ4v) is 9.94. The summed E-state index contributed by atoms with van der Waals surface area (Å²) in [5, 5.41) is 56.9. The van der Waals surface area contributed by atoms with E-state index >= 15 is 0 Å². The Labute approximate surface area is 568 Å². The van der Waals surface area contributed by atoms with Crippen LogP contribution in [0.25, 0.3) is 50.2 Å². The van der Waals surface area contributed by atoms with Gasteiger partial charge in [-0.1, -0.05) is 150 Å². The summed E-state index contributed by atoms with van der Waals surface area (Å²) in [6.07, 6.45) is 0. The molecule has 3 N–H and O–H groups in total. The van der Waals surface area contributed by atoms with Crippen LogP contribution in [0.1, 0.15) is 67.2 Å². The second kappa shape index (κ2) is 31.0. The van der Waals surface area contributed by atoms with Crippen LogP contribution >= 0.6 is 47.8 Å². The Bertz CT molecular complexity index is 4030. The van der Waals surface area contributed by atoms with Gasteiger partial charge in [-0.05, 0) is 130 Å². The summed E-state index contributed by atoms with van der Waals surface area (Å²) in [6.45, 7) is 4.54. The molecule has 488 valence electrons. The van der Waals surface area contributed by atoms with Crippen molar-refractivity contribution in [3.8, 4) is 51.6 Å². The standard InChI is InChI=1S/3C22H18BrN3O4.4CH4/c3*1-22(21(27)28,14-7-9-15(23)10-8-14)30-20-12-11-16(29-2)13-19(20)26-24-17-5-3-4-6-18(17)25-26;;;;/h3*3-13H,1-2H3,(H,27,28);4*1H4. The first-order valence-corrected chi connectivity index (χ1v) is 29.7. The van der Waals surface area contributed by atoms with Crippen LogP contribution < -0.4 is 28.4 Å². The van der Waals surface area contributed by atoms with Crippen LogP contribution in [0.15, 0.2) is 214 Å². The Hall–Kier alpha value is -10.2. The summed E-state index contributed by atoms with van der Waals surface area (Å²) in [4.78, 5) is 40.9. The van der Waals surface area contributed by atoms with Gasteiger partial charge in [-0.3, -0.25) is 0 Å². The molecule has 0 fully saturated rings. The van der Waals surface area contributed by atoms with Crippen LogP contribution in [0.2, 0.25) is 0 Å². The van der Waals surface area contributed by atoms with E-state index in [4.69, 9.17) is 28.4 Å². The molecule has 94 heavy (non-hydrogen) atoms. The molecule has 3 aromatic heterocycles. The summed E-state index contributed by atoms with van der Waals surface area (Å²) < 4.78 is 36.8. The molecule has 0 saturated carbocycles. The van der Waals surface area contributed by atoms with Gasteiger partial charge >= 0.3 is 17.9 Å². The third kappa shape index (κ3) is 15.6. The highest BCUT2D eigenvalue weighted by atomic mass is 79.9. The molecule has 0 spiro atoms. The number of hydrogen-bond donors (Lipinski definition) is 3. The molecule has 0 aliphatic rings. The Morgan fingerprint density at radius 2 is 0.543 bits per heavy atom. The number of aromatic nitrogens is 9. The summed E-state index contributed by atoms with van der Waals surface area (Å²) in [5.74, 6) is -0.726. The average molecular weight is 1470 g/mol. The molecule has 3 heterocycles. The van der Waals surface area contributed by atoms with Gasteiger partial charge in [0.15, 0.2) is 0 Å². The van der Waals surface area contributed by atoms with E-state index < -0.39 is 34.7 Å². The summed E-state index contributed by atoms with van der Waals surface area (Å²) >= 11 is 10.1. The first-order valence-electron chi connectivity index (χ1n) is 27.3. The van der Waals surface area contributed by atoms with Gasteiger partial charge in [0.1, 0.15) is 84.7 Å². The first-order chi connectivity index (χ1) is 43.2. The summed E-state index contributed by atoms with van der Waals surface area (Å²) in [5.41, 5.74) is 2.27. The normalized spacial score (nSPS) is 12.5. The molecule has 12 aromatic rings. The SMILES string of the molecule is C.C.C.C.COc1ccc(OC(C)(C(=O)O)c2ccc(Br)cc2)c(-n2nc3ccccc3n2)c1.COc1ccc(OC(C)(C(=O)O)c2ccc(Br)cc2)c(-n2nc3ccccc3n2)c1.COc1ccc(OC(C)(C(=O)O)c2ccc(Br)cc2)c(-n2nc3ccccc3n2)c1. The monoisotopic (exact) mass is 1470 g/mol. The highest BCUT2D eigenvalue weighted by Crippen LogP contribution is 2.39. The summed E-state index contributed by atoms with van der Waals surface area (Å²) in [6, 6.07) is 58.4. The van der Waals surface area contributed by atoms with Crippen molar-refractivity contribution in [3.05, 3.63) is 230 Å². The average Bonchev–Trinajstić information content (AvgIpc) is 1.13. The molecule has 0 aliphatic carbocycles. The fraction of sp³-hybridized carbons (Fsp3) is 0.186. The third-order valence-corrected chi connectivity index (χ3v) is 15.9. The maximum atomic E-state index is 12.2. The lowest BCUT2D eigenvalue weighted by molar-refractivity contribution is -0.155. The van der Waals surface area contributed by atoms with Crippen molar-refractivity contribution >= 4 is 98.8 Å². The smallest absolute Gasteiger partial charge is 0.352 e. The topological polar surface area (TPSA) is 259 Å². The van der Waals surface area contributed by atoms with Crippen molar-refractivity contribution in [1.82, 2.24) is 45.0 Å². The molecule has 12 rings (SSSR count). The zero-order valence-corrected chi connectivity index (χ0v) is 53.5. The Morgan fingerprint density at radius 1 is 0.340 bits per heavy atom. The highest BCUT2D eigenvalue weighted by Gasteiger charge is 2.41. The van der Waals surface area contributed by atoms with Crippen molar-refractivity contribution < 1.29 is 58.1 Å². The van der Waals surface area contributed by atoms with Crippen molar-refractivity contribution in [2.45, 2.75) is 67.3 Å². The van der Waals surface area contributed by atoms with Crippen LogP contribution in [0.3, 0.4) is 0 Å². The van der Waals surface area contributed by atoms with E-state index in [9.17, 15) is 29.7 Å². The molecule has 0 aliphatic heterocycles. The highest BCUT2D eigenvalue weighted by molar-refractivity contribution is 9.11. The van der Waals surface area contributed by atoms with Gasteiger partial charge in [0, 0.05) is 48.3 Å². The molecule has 0 amide bonds. The molecule has 0 radical (unpaired) electrons. The molecule has 3 atom stereocenters. The molecule has 0 saturated heterocycles. The number of carboxylic acid groups (broad SMARTS) is 3. The van der Waals surface area contributed by atoms with E-state index in [1.54, 1.807) is 149 Å². The van der Waals surface area contributed by atoms with Crippen LogP contribution in [0, 0.1) is 0 Å². The maximum absolute atomic E-state index is 12.2. The van der Waals surface area contributed by atoms with Crippen molar-refractivity contribution in [2.24, 2.45) is 0 Å². The Kier molecular flexibility index (Phi) is 24.0. The molecule has 24 heteroatoms. The lowest BCUT2D eigenvalue weighted by Crippen LogP contribution is -2.38. The first kappa shape index (κ1) is 72.9. The lowest BCUT2D eigenvalue weighted by atomic mass is 9.96. The number of carboxylic acids is 3. The van der Waals surface area contributed by atoms with Crippen molar-refractivity contribution in [3.63, 3.8) is 0 Å². The number of benzene rings is 9. The zero-order valence-electron chi connectivity index (χ0n) is 48.7. The van der Waals surface area contributed by atoms with Gasteiger partial charge in [-0.2, -0.15) is 0 Å². The van der Waals surface area contributed by atoms with E-state index in [2.05, 4.69) is 78.4 Å². The van der Waals surface area contributed by atoms with Gasteiger partial charge in [0.2, 0.25) is 16.8 Å². The third-order valence-electron chi connectivity index (χ3n) is 14.4. The summed E-state index contributed by atoms with van der Waals surface area (Å²) in [7, 11) is 4.65. The fourth-order valence-electron chi connectivity index (χ4n) is 9.14. The minimum atomic E-state index is -1.63. The molecule has 0 bridgehead atoms. The number of nitrogens with zero attached hydrogens (tertiary/aromatic N) is 9. The predicted octanol–water partition coefficient (Wildman–Crippen LogP) is 16.3. The minimum absolute atomic E-state index is 0. The lowest BCUT2D eigenvalue weighted by Gasteiger charge is -2.28. The number of halogens is 3. The zero-order chi connectivity index (χ0) is 63.9. The van der Waals surface area contributed by atoms with Gasteiger partial charge in [0.25, 0.3) is 0 Å². The Balaban J connectivity index is 0.000000219. The quantitative estimate of drug-likeness (QED) is 0.0721. The predicted molar refractivity (Wildman–Crippen MR) is 372 cm³/mol. The second-order valence-corrected chi connectivity index (χ2v) is 23.0. The number of rotatable bonds is 18. The van der Waals surface area contributed by atoms with E-state index in [1.165, 1.54) is 35.2 Å².